The molecule has 9 heteroatoms. The molecule has 0 fully saturated rings. The number of aryl methyl sites for hydroxylation is 1. The highest BCUT2D eigenvalue weighted by Crippen LogP contribution is 2.17. The smallest absolute Gasteiger partial charge is 0.327 e. The van der Waals surface area contributed by atoms with Gasteiger partial charge in [-0.2, -0.15) is 5.10 Å². The molecule has 0 saturated carbocycles. The average Bonchev–Trinajstić information content (AvgIpc) is 3.32. The highest BCUT2D eigenvalue weighted by molar-refractivity contribution is 5.68. The van der Waals surface area contributed by atoms with Crippen LogP contribution in [0.2, 0.25) is 0 Å². The summed E-state index contributed by atoms with van der Waals surface area (Å²) >= 11 is 0. The van der Waals surface area contributed by atoms with Crippen LogP contribution in [0.15, 0.2) is 36.8 Å². The van der Waals surface area contributed by atoms with E-state index in [0.717, 1.165) is 23.5 Å². The van der Waals surface area contributed by atoms with Crippen molar-refractivity contribution in [2.24, 2.45) is 0 Å². The Morgan fingerprint density at radius 1 is 1.31 bits per heavy atom. The minimum absolute atomic E-state index is 0.0751. The molecule has 1 N–H and O–H groups in total. The first kappa shape index (κ1) is 17.6. The van der Waals surface area contributed by atoms with E-state index in [9.17, 15) is 4.79 Å². The van der Waals surface area contributed by atoms with Crippen LogP contribution >= 0.6 is 0 Å². The lowest BCUT2D eigenvalue weighted by molar-refractivity contribution is -0.144. The standard InChI is InChI=1S/C17H20N6O3/c1-2-25-17(24)12-23-11-13(20-22-23)4-3-9-26-14-5-6-15(18-10-14)16-7-8-19-21-16/h5-8,10-11H,2-4,9,12H2,1H3,(H,19,21). The van der Waals surface area contributed by atoms with Crippen LogP contribution < -0.4 is 4.74 Å². The number of aromatic amines is 1. The summed E-state index contributed by atoms with van der Waals surface area (Å²) in [6.45, 7) is 2.74. The van der Waals surface area contributed by atoms with Gasteiger partial charge in [0.05, 0.1) is 36.5 Å². The number of pyridine rings is 1. The Morgan fingerprint density at radius 2 is 2.23 bits per heavy atom. The van der Waals surface area contributed by atoms with Crippen molar-refractivity contribution in [3.8, 4) is 17.1 Å². The molecular formula is C17H20N6O3. The molecule has 9 nitrogen and oxygen atoms in total. The number of ether oxygens (including phenoxy) is 2. The van der Waals surface area contributed by atoms with Gasteiger partial charge < -0.3 is 9.47 Å². The van der Waals surface area contributed by atoms with Crippen LogP contribution in [0.3, 0.4) is 0 Å². The topological polar surface area (TPSA) is 108 Å². The summed E-state index contributed by atoms with van der Waals surface area (Å²) in [6.07, 6.45) is 6.61. The zero-order valence-electron chi connectivity index (χ0n) is 14.5. The molecule has 136 valence electrons. The second-order valence-corrected chi connectivity index (χ2v) is 5.51. The molecule has 0 saturated heterocycles. The maximum absolute atomic E-state index is 11.4. The molecule has 0 radical (unpaired) electrons. The second kappa shape index (κ2) is 8.75. The van der Waals surface area contributed by atoms with Crippen molar-refractivity contribution in [3.63, 3.8) is 0 Å². The predicted molar refractivity (Wildman–Crippen MR) is 92.3 cm³/mol. The van der Waals surface area contributed by atoms with E-state index in [-0.39, 0.29) is 12.5 Å². The molecule has 0 spiro atoms. The van der Waals surface area contributed by atoms with Crippen molar-refractivity contribution in [3.05, 3.63) is 42.5 Å². The maximum Gasteiger partial charge on any atom is 0.327 e. The first-order valence-electron chi connectivity index (χ1n) is 8.38. The van der Waals surface area contributed by atoms with Gasteiger partial charge in [-0.1, -0.05) is 5.21 Å². The molecule has 26 heavy (non-hydrogen) atoms. The molecular weight excluding hydrogens is 336 g/mol. The van der Waals surface area contributed by atoms with E-state index in [1.54, 1.807) is 25.5 Å². The van der Waals surface area contributed by atoms with Crippen LogP contribution in [0.5, 0.6) is 5.75 Å². The van der Waals surface area contributed by atoms with Crippen LogP contribution in [-0.4, -0.2) is 49.4 Å². The normalized spacial score (nSPS) is 10.7. The van der Waals surface area contributed by atoms with Gasteiger partial charge in [-0.3, -0.25) is 14.9 Å². The lowest BCUT2D eigenvalue weighted by Gasteiger charge is -2.05. The number of nitrogens with zero attached hydrogens (tertiary/aromatic N) is 5. The van der Waals surface area contributed by atoms with Crippen LogP contribution in [0.1, 0.15) is 19.0 Å². The third-order valence-corrected chi connectivity index (χ3v) is 3.54. The van der Waals surface area contributed by atoms with Gasteiger partial charge in [0.15, 0.2) is 0 Å². The van der Waals surface area contributed by atoms with Gasteiger partial charge >= 0.3 is 5.97 Å². The Morgan fingerprint density at radius 3 is 2.96 bits per heavy atom. The van der Waals surface area contributed by atoms with Gasteiger partial charge in [-0.05, 0) is 38.0 Å². The van der Waals surface area contributed by atoms with Crippen molar-refractivity contribution in [2.45, 2.75) is 26.3 Å². The number of carbonyl (C=O) groups is 1. The van der Waals surface area contributed by atoms with Crippen molar-refractivity contribution < 1.29 is 14.3 Å². The first-order valence-corrected chi connectivity index (χ1v) is 8.38. The first-order chi connectivity index (χ1) is 12.7. The molecule has 0 aliphatic rings. The lowest BCUT2D eigenvalue weighted by Crippen LogP contribution is -2.13. The molecule has 3 heterocycles. The molecule has 0 aliphatic heterocycles. The summed E-state index contributed by atoms with van der Waals surface area (Å²) in [5, 5.41) is 14.7. The zero-order valence-corrected chi connectivity index (χ0v) is 14.5. The number of H-pyrrole nitrogens is 1. The van der Waals surface area contributed by atoms with E-state index in [2.05, 4.69) is 25.5 Å². The SMILES string of the molecule is CCOC(=O)Cn1cc(CCCOc2ccc(-c3ccn[nH]3)nc2)nn1. The van der Waals surface area contributed by atoms with E-state index in [1.807, 2.05) is 18.2 Å². The number of hydrogen-bond acceptors (Lipinski definition) is 7. The van der Waals surface area contributed by atoms with Crippen molar-refractivity contribution >= 4 is 5.97 Å². The number of aromatic nitrogens is 6. The third-order valence-electron chi connectivity index (χ3n) is 3.54. The van der Waals surface area contributed by atoms with Crippen LogP contribution in [0.25, 0.3) is 11.4 Å². The van der Waals surface area contributed by atoms with Gasteiger partial charge in [0.1, 0.15) is 12.3 Å². The minimum atomic E-state index is -0.321. The number of hydrogen-bond donors (Lipinski definition) is 1. The van der Waals surface area contributed by atoms with Crippen LogP contribution in [0, 0.1) is 0 Å². The number of carbonyl (C=O) groups excluding carboxylic acids is 1. The van der Waals surface area contributed by atoms with E-state index in [1.165, 1.54) is 4.68 Å². The third kappa shape index (κ3) is 4.88. The van der Waals surface area contributed by atoms with Gasteiger partial charge in [-0.25, -0.2) is 4.68 Å². The summed E-state index contributed by atoms with van der Waals surface area (Å²) < 4.78 is 12.0. The van der Waals surface area contributed by atoms with Gasteiger partial charge in [0.2, 0.25) is 0 Å². The minimum Gasteiger partial charge on any atom is -0.492 e. The monoisotopic (exact) mass is 356 g/mol. The largest absolute Gasteiger partial charge is 0.492 e. The predicted octanol–water partition coefficient (Wildman–Crippen LogP) is 1.64. The van der Waals surface area contributed by atoms with Crippen LogP contribution in [-0.2, 0) is 22.5 Å². The number of esters is 1. The van der Waals surface area contributed by atoms with E-state index >= 15 is 0 Å². The molecule has 0 atom stereocenters. The van der Waals surface area contributed by atoms with Crippen LogP contribution in [0.4, 0.5) is 0 Å². The summed E-state index contributed by atoms with van der Waals surface area (Å²) in [7, 11) is 0. The summed E-state index contributed by atoms with van der Waals surface area (Å²) in [6, 6.07) is 5.61. The Balaban J connectivity index is 1.40. The molecule has 3 aromatic heterocycles. The molecule has 3 rings (SSSR count). The molecule has 0 aromatic carbocycles. The van der Waals surface area contributed by atoms with E-state index < -0.39 is 0 Å². The summed E-state index contributed by atoms with van der Waals surface area (Å²) in [5.74, 6) is 0.387. The molecule has 0 unspecified atom stereocenters. The van der Waals surface area contributed by atoms with Gasteiger partial charge in [0, 0.05) is 12.4 Å². The Bertz CT molecular complexity index is 813. The molecule has 3 aromatic rings. The number of rotatable bonds is 9. The van der Waals surface area contributed by atoms with E-state index in [0.29, 0.717) is 25.4 Å². The fraction of sp³-hybridized carbons (Fsp3) is 0.353. The molecule has 0 aliphatic carbocycles. The van der Waals surface area contributed by atoms with Gasteiger partial charge in [-0.15, -0.1) is 5.10 Å². The summed E-state index contributed by atoms with van der Waals surface area (Å²) in [5.41, 5.74) is 2.49. The Kier molecular flexibility index (Phi) is 5.92. The number of nitrogens with one attached hydrogen (secondary N) is 1. The maximum atomic E-state index is 11.4. The van der Waals surface area contributed by atoms with Gasteiger partial charge in [0.25, 0.3) is 0 Å². The van der Waals surface area contributed by atoms with Crippen molar-refractivity contribution in [1.29, 1.82) is 0 Å². The average molecular weight is 356 g/mol. The highest BCUT2D eigenvalue weighted by Gasteiger charge is 2.07. The lowest BCUT2D eigenvalue weighted by atomic mass is 10.2. The summed E-state index contributed by atoms with van der Waals surface area (Å²) in [4.78, 5) is 15.7. The highest BCUT2D eigenvalue weighted by atomic mass is 16.5. The quantitative estimate of drug-likeness (QED) is 0.458. The Labute approximate surface area is 150 Å². The zero-order chi connectivity index (χ0) is 18.2. The fourth-order valence-electron chi connectivity index (χ4n) is 2.34. The van der Waals surface area contributed by atoms with Crippen molar-refractivity contribution in [2.75, 3.05) is 13.2 Å². The second-order valence-electron chi connectivity index (χ2n) is 5.51. The Hall–Kier alpha value is -3.23. The molecule has 0 amide bonds. The fourth-order valence-corrected chi connectivity index (χ4v) is 2.34. The van der Waals surface area contributed by atoms with E-state index in [4.69, 9.17) is 9.47 Å². The molecule has 0 bridgehead atoms. The van der Waals surface area contributed by atoms with Crippen molar-refractivity contribution in [1.82, 2.24) is 30.2 Å².